The molecule has 0 saturated carbocycles. The molecule has 2 nitrogen and oxygen atoms in total. The number of carbonyl (C=O) groups is 1. The normalized spacial score (nSPS) is 10.3. The van der Waals surface area contributed by atoms with Crippen LogP contribution in [0.1, 0.15) is 9.67 Å². The van der Waals surface area contributed by atoms with Crippen molar-refractivity contribution in [1.82, 2.24) is 4.98 Å². The predicted octanol–water partition coefficient (Wildman–Crippen LogP) is 2.90. The van der Waals surface area contributed by atoms with Crippen LogP contribution in [0.25, 0.3) is 10.6 Å². The molecule has 15 heavy (non-hydrogen) atoms. The number of aldehydes is 1. The second kappa shape index (κ2) is 3.86. The van der Waals surface area contributed by atoms with Crippen molar-refractivity contribution < 1.29 is 13.6 Å². The molecule has 5 heteroatoms. The zero-order valence-electron chi connectivity index (χ0n) is 7.41. The Morgan fingerprint density at radius 1 is 1.33 bits per heavy atom. The SMILES string of the molecule is O=Cc1cnc(-c2cc(F)ccc2F)s1. The third kappa shape index (κ3) is 1.92. The highest BCUT2D eigenvalue weighted by molar-refractivity contribution is 7.16. The van der Waals surface area contributed by atoms with Gasteiger partial charge in [-0.15, -0.1) is 11.3 Å². The molecule has 0 N–H and O–H groups in total. The van der Waals surface area contributed by atoms with Gasteiger partial charge in [0.25, 0.3) is 0 Å². The number of hydrogen-bond acceptors (Lipinski definition) is 3. The summed E-state index contributed by atoms with van der Waals surface area (Å²) in [5.41, 5.74) is 0.0769. The van der Waals surface area contributed by atoms with E-state index in [1.807, 2.05) is 0 Å². The van der Waals surface area contributed by atoms with E-state index in [9.17, 15) is 13.6 Å². The first kappa shape index (κ1) is 9.92. The lowest BCUT2D eigenvalue weighted by atomic mass is 10.2. The van der Waals surface area contributed by atoms with Crippen molar-refractivity contribution >= 4 is 17.6 Å². The predicted molar refractivity (Wildman–Crippen MR) is 52.9 cm³/mol. The molecule has 0 amide bonds. The highest BCUT2D eigenvalue weighted by atomic mass is 32.1. The topological polar surface area (TPSA) is 30.0 Å². The van der Waals surface area contributed by atoms with E-state index in [-0.39, 0.29) is 5.56 Å². The molecule has 0 spiro atoms. The second-order valence-corrected chi connectivity index (χ2v) is 3.87. The Balaban J connectivity index is 2.52. The summed E-state index contributed by atoms with van der Waals surface area (Å²) in [6, 6.07) is 3.13. The molecule has 1 aromatic carbocycles. The van der Waals surface area contributed by atoms with E-state index in [0.717, 1.165) is 29.5 Å². The largest absolute Gasteiger partial charge is 0.297 e. The Morgan fingerprint density at radius 2 is 2.13 bits per heavy atom. The molecule has 0 saturated heterocycles. The van der Waals surface area contributed by atoms with Gasteiger partial charge in [0.1, 0.15) is 16.6 Å². The first-order valence-electron chi connectivity index (χ1n) is 4.07. The summed E-state index contributed by atoms with van der Waals surface area (Å²) in [5, 5.41) is 0.300. The maximum Gasteiger partial charge on any atom is 0.161 e. The third-order valence-electron chi connectivity index (χ3n) is 1.80. The van der Waals surface area contributed by atoms with E-state index in [0.29, 0.717) is 16.2 Å². The van der Waals surface area contributed by atoms with E-state index in [1.165, 1.54) is 6.20 Å². The van der Waals surface area contributed by atoms with Gasteiger partial charge >= 0.3 is 0 Å². The second-order valence-electron chi connectivity index (χ2n) is 2.81. The quantitative estimate of drug-likeness (QED) is 0.735. The molecule has 2 rings (SSSR count). The summed E-state index contributed by atoms with van der Waals surface area (Å²) in [5.74, 6) is -1.09. The van der Waals surface area contributed by atoms with Crippen LogP contribution in [0.5, 0.6) is 0 Å². The van der Waals surface area contributed by atoms with Crippen molar-refractivity contribution in [2.24, 2.45) is 0 Å². The van der Waals surface area contributed by atoms with Gasteiger partial charge in [-0.2, -0.15) is 0 Å². The average molecular weight is 225 g/mol. The summed E-state index contributed by atoms with van der Waals surface area (Å²) in [6.45, 7) is 0. The highest BCUT2D eigenvalue weighted by Crippen LogP contribution is 2.27. The zero-order chi connectivity index (χ0) is 10.8. The lowest BCUT2D eigenvalue weighted by molar-refractivity contribution is 0.112. The number of halogens is 2. The van der Waals surface area contributed by atoms with Crippen LogP contribution in [-0.4, -0.2) is 11.3 Å². The molecule has 0 atom stereocenters. The monoisotopic (exact) mass is 225 g/mol. The number of benzene rings is 1. The fraction of sp³-hybridized carbons (Fsp3) is 0. The van der Waals surface area contributed by atoms with E-state index in [4.69, 9.17) is 0 Å². The number of aromatic nitrogens is 1. The molecular formula is C10H5F2NOS. The Morgan fingerprint density at radius 3 is 2.80 bits per heavy atom. The first-order chi connectivity index (χ1) is 7.20. The van der Waals surface area contributed by atoms with Gasteiger partial charge in [-0.05, 0) is 18.2 Å². The van der Waals surface area contributed by atoms with Crippen molar-refractivity contribution in [3.63, 3.8) is 0 Å². The van der Waals surface area contributed by atoms with Gasteiger partial charge in [-0.3, -0.25) is 4.79 Å². The van der Waals surface area contributed by atoms with Crippen LogP contribution in [0.3, 0.4) is 0 Å². The minimum Gasteiger partial charge on any atom is -0.297 e. The third-order valence-corrected chi connectivity index (χ3v) is 2.75. The number of rotatable bonds is 2. The average Bonchev–Trinajstić information content (AvgIpc) is 2.70. The van der Waals surface area contributed by atoms with E-state index in [1.54, 1.807) is 0 Å². The fourth-order valence-electron chi connectivity index (χ4n) is 1.13. The van der Waals surface area contributed by atoms with Gasteiger partial charge in [0.15, 0.2) is 6.29 Å². The van der Waals surface area contributed by atoms with E-state index >= 15 is 0 Å². The van der Waals surface area contributed by atoms with Gasteiger partial charge in [0.2, 0.25) is 0 Å². The van der Waals surface area contributed by atoms with Gasteiger partial charge < -0.3 is 0 Å². The van der Waals surface area contributed by atoms with Crippen LogP contribution in [-0.2, 0) is 0 Å². The van der Waals surface area contributed by atoms with Crippen LogP contribution in [0, 0.1) is 11.6 Å². The maximum absolute atomic E-state index is 13.3. The number of thiazole rings is 1. The molecule has 0 unspecified atom stereocenters. The standard InChI is InChI=1S/C10H5F2NOS/c11-6-1-2-9(12)8(3-6)10-13-4-7(5-14)15-10/h1-5H. The van der Waals surface area contributed by atoms with Gasteiger partial charge in [-0.25, -0.2) is 13.8 Å². The molecule has 0 aliphatic carbocycles. The lowest BCUT2D eigenvalue weighted by Gasteiger charge is -1.97. The molecule has 1 aromatic heterocycles. The molecule has 0 bridgehead atoms. The molecule has 0 radical (unpaired) electrons. The molecule has 0 fully saturated rings. The number of carbonyl (C=O) groups excluding carboxylic acids is 1. The van der Waals surface area contributed by atoms with E-state index < -0.39 is 11.6 Å². The Bertz CT molecular complexity index is 510. The summed E-state index contributed by atoms with van der Waals surface area (Å²) in [4.78, 5) is 14.6. The smallest absolute Gasteiger partial charge is 0.161 e. The molecule has 1 heterocycles. The van der Waals surface area contributed by atoms with Crippen LogP contribution >= 0.6 is 11.3 Å². The van der Waals surface area contributed by atoms with Crippen molar-refractivity contribution in [1.29, 1.82) is 0 Å². The molecule has 76 valence electrons. The molecule has 0 aliphatic rings. The Hall–Kier alpha value is -1.62. The van der Waals surface area contributed by atoms with E-state index in [2.05, 4.69) is 4.98 Å². The van der Waals surface area contributed by atoms with Gasteiger partial charge in [0.05, 0.1) is 4.88 Å². The summed E-state index contributed by atoms with van der Waals surface area (Å²) >= 11 is 1.02. The summed E-state index contributed by atoms with van der Waals surface area (Å²) in [6.07, 6.45) is 1.95. The van der Waals surface area contributed by atoms with Crippen molar-refractivity contribution in [3.8, 4) is 10.6 Å². The zero-order valence-corrected chi connectivity index (χ0v) is 8.22. The highest BCUT2D eigenvalue weighted by Gasteiger charge is 2.10. The van der Waals surface area contributed by atoms with Crippen molar-refractivity contribution in [2.45, 2.75) is 0 Å². The maximum atomic E-state index is 13.3. The number of nitrogens with zero attached hydrogens (tertiary/aromatic N) is 1. The summed E-state index contributed by atoms with van der Waals surface area (Å²) in [7, 11) is 0. The van der Waals surface area contributed by atoms with Crippen LogP contribution in [0.15, 0.2) is 24.4 Å². The van der Waals surface area contributed by atoms with Crippen LogP contribution in [0.2, 0.25) is 0 Å². The van der Waals surface area contributed by atoms with Crippen LogP contribution < -0.4 is 0 Å². The molecular weight excluding hydrogens is 220 g/mol. The minimum atomic E-state index is -0.553. The van der Waals surface area contributed by atoms with Gasteiger partial charge in [-0.1, -0.05) is 0 Å². The molecule has 0 aliphatic heterocycles. The Labute approximate surface area is 88.2 Å². The Kier molecular flexibility index (Phi) is 2.55. The van der Waals surface area contributed by atoms with Crippen molar-refractivity contribution in [2.75, 3.05) is 0 Å². The van der Waals surface area contributed by atoms with Crippen LogP contribution in [0.4, 0.5) is 8.78 Å². The van der Waals surface area contributed by atoms with Crippen molar-refractivity contribution in [3.05, 3.63) is 40.9 Å². The molecule has 2 aromatic rings. The summed E-state index contributed by atoms with van der Waals surface area (Å²) < 4.78 is 26.1. The fourth-order valence-corrected chi connectivity index (χ4v) is 1.88. The minimum absolute atomic E-state index is 0.0769. The van der Waals surface area contributed by atoms with Gasteiger partial charge in [0, 0.05) is 11.8 Å². The first-order valence-corrected chi connectivity index (χ1v) is 4.89. The number of hydrogen-bond donors (Lipinski definition) is 0. The lowest BCUT2D eigenvalue weighted by Crippen LogP contribution is -1.84.